The number of hydrogen-bond acceptors (Lipinski definition) is 5. The second kappa shape index (κ2) is 9.04. The fourth-order valence-corrected chi connectivity index (χ4v) is 3.34. The minimum absolute atomic E-state index is 0.0902. The second-order valence-electron chi connectivity index (χ2n) is 6.64. The van der Waals surface area contributed by atoms with E-state index in [1.54, 1.807) is 37.3 Å². The van der Waals surface area contributed by atoms with Crippen LogP contribution in [0.5, 0.6) is 0 Å². The molecular formula is C20H20BrN3O5. The number of hydrogen-bond donors (Lipinski definition) is 2. The van der Waals surface area contributed by atoms with Crippen molar-refractivity contribution < 1.29 is 23.6 Å². The number of furan rings is 1. The number of nitrogens with one attached hydrogen (secondary N) is 2. The van der Waals surface area contributed by atoms with E-state index < -0.39 is 6.04 Å². The lowest BCUT2D eigenvalue weighted by atomic mass is 10.1. The first-order valence-electron chi connectivity index (χ1n) is 9.12. The van der Waals surface area contributed by atoms with Crippen molar-refractivity contribution in [2.75, 3.05) is 6.54 Å². The van der Waals surface area contributed by atoms with Gasteiger partial charge in [0.25, 0.3) is 11.8 Å². The largest absolute Gasteiger partial charge is 0.467 e. The van der Waals surface area contributed by atoms with E-state index in [1.165, 1.54) is 6.26 Å². The summed E-state index contributed by atoms with van der Waals surface area (Å²) in [7, 11) is 0. The molecule has 0 saturated carbocycles. The smallest absolute Gasteiger partial charge is 0.261 e. The number of rotatable bonds is 8. The Kier molecular flexibility index (Phi) is 6.48. The van der Waals surface area contributed by atoms with Crippen molar-refractivity contribution in [3.05, 3.63) is 58.0 Å². The Balaban J connectivity index is 1.42. The van der Waals surface area contributed by atoms with Crippen LogP contribution in [0.2, 0.25) is 0 Å². The second-order valence-corrected chi connectivity index (χ2v) is 7.56. The van der Waals surface area contributed by atoms with Crippen LogP contribution in [-0.4, -0.2) is 41.1 Å². The first-order chi connectivity index (χ1) is 13.9. The third-order valence-corrected chi connectivity index (χ3v) is 5.00. The molecule has 1 aromatic carbocycles. The molecule has 8 nitrogen and oxygen atoms in total. The van der Waals surface area contributed by atoms with Gasteiger partial charge in [-0.2, -0.15) is 0 Å². The highest BCUT2D eigenvalue weighted by molar-refractivity contribution is 9.10. The number of halogens is 1. The summed E-state index contributed by atoms with van der Waals surface area (Å²) in [6.45, 7) is 1.95. The molecule has 0 aliphatic carbocycles. The molecule has 3 rings (SSSR count). The van der Waals surface area contributed by atoms with Gasteiger partial charge in [0.2, 0.25) is 11.8 Å². The van der Waals surface area contributed by atoms with Gasteiger partial charge in [0, 0.05) is 17.4 Å². The molecule has 1 aliphatic rings. The Morgan fingerprint density at radius 3 is 2.66 bits per heavy atom. The van der Waals surface area contributed by atoms with E-state index in [4.69, 9.17) is 4.42 Å². The van der Waals surface area contributed by atoms with Crippen molar-refractivity contribution in [3.8, 4) is 0 Å². The fourth-order valence-electron chi connectivity index (χ4n) is 2.98. The maximum Gasteiger partial charge on any atom is 0.261 e. The van der Waals surface area contributed by atoms with Crippen molar-refractivity contribution in [1.29, 1.82) is 0 Å². The van der Waals surface area contributed by atoms with E-state index in [9.17, 15) is 19.2 Å². The van der Waals surface area contributed by atoms with Crippen molar-refractivity contribution in [2.45, 2.75) is 32.4 Å². The monoisotopic (exact) mass is 461 g/mol. The highest BCUT2D eigenvalue weighted by Crippen LogP contribution is 2.26. The van der Waals surface area contributed by atoms with Crippen LogP contribution in [0.15, 0.2) is 45.5 Å². The molecule has 0 bridgehead atoms. The molecule has 0 radical (unpaired) electrons. The average molecular weight is 462 g/mol. The van der Waals surface area contributed by atoms with Crippen molar-refractivity contribution >= 4 is 39.6 Å². The van der Waals surface area contributed by atoms with Gasteiger partial charge >= 0.3 is 0 Å². The summed E-state index contributed by atoms with van der Waals surface area (Å²) in [5.74, 6) is -0.767. The molecule has 0 fully saturated rings. The van der Waals surface area contributed by atoms with Crippen LogP contribution >= 0.6 is 15.9 Å². The highest BCUT2D eigenvalue weighted by Gasteiger charge is 2.35. The van der Waals surface area contributed by atoms with Gasteiger partial charge < -0.3 is 15.1 Å². The first kappa shape index (κ1) is 20.8. The summed E-state index contributed by atoms with van der Waals surface area (Å²) in [5.41, 5.74) is 0.722. The SMILES string of the molecule is CC(NC(=O)CCCN1C(=O)c2ccc(Br)cc2C1=O)C(=O)NCc1ccco1. The molecule has 152 valence electrons. The van der Waals surface area contributed by atoms with E-state index >= 15 is 0 Å². The minimum Gasteiger partial charge on any atom is -0.467 e. The Bertz CT molecular complexity index is 942. The van der Waals surface area contributed by atoms with Crippen LogP contribution in [0.25, 0.3) is 0 Å². The summed E-state index contributed by atoms with van der Waals surface area (Å²) in [6, 6.07) is 7.68. The summed E-state index contributed by atoms with van der Waals surface area (Å²) in [6.07, 6.45) is 1.91. The van der Waals surface area contributed by atoms with Crippen LogP contribution < -0.4 is 10.6 Å². The lowest BCUT2D eigenvalue weighted by Crippen LogP contribution is -2.44. The number of fused-ring (bicyclic) bond motifs is 1. The standard InChI is InChI=1S/C20H20BrN3O5/c1-12(18(26)22-11-14-4-3-9-29-14)23-17(25)5-2-8-24-19(27)15-7-6-13(21)10-16(15)20(24)28/h3-4,6-7,9-10,12H,2,5,8,11H2,1H3,(H,22,26)(H,23,25). The number of carbonyl (C=O) groups is 4. The maximum atomic E-state index is 12.4. The Morgan fingerprint density at radius 2 is 1.93 bits per heavy atom. The van der Waals surface area contributed by atoms with Crippen LogP contribution in [0.4, 0.5) is 0 Å². The normalized spacial score (nSPS) is 13.9. The van der Waals surface area contributed by atoms with Gasteiger partial charge in [-0.25, -0.2) is 0 Å². The zero-order chi connectivity index (χ0) is 21.0. The Labute approximate surface area is 175 Å². The molecule has 29 heavy (non-hydrogen) atoms. The highest BCUT2D eigenvalue weighted by atomic mass is 79.9. The maximum absolute atomic E-state index is 12.4. The van der Waals surface area contributed by atoms with Gasteiger partial charge in [-0.3, -0.25) is 24.1 Å². The lowest BCUT2D eigenvalue weighted by Gasteiger charge is -2.15. The zero-order valence-electron chi connectivity index (χ0n) is 15.7. The van der Waals surface area contributed by atoms with Gasteiger partial charge in [0.05, 0.1) is 23.9 Å². The molecule has 1 aliphatic heterocycles. The molecule has 1 unspecified atom stereocenters. The molecule has 0 spiro atoms. The molecule has 1 aromatic heterocycles. The van der Waals surface area contributed by atoms with Gasteiger partial charge in [-0.15, -0.1) is 0 Å². The zero-order valence-corrected chi connectivity index (χ0v) is 17.3. The summed E-state index contributed by atoms with van der Waals surface area (Å²) in [5, 5.41) is 5.27. The Morgan fingerprint density at radius 1 is 1.17 bits per heavy atom. The third-order valence-electron chi connectivity index (χ3n) is 4.51. The fraction of sp³-hybridized carbons (Fsp3) is 0.300. The summed E-state index contributed by atoms with van der Waals surface area (Å²) >= 11 is 3.29. The molecule has 2 heterocycles. The average Bonchev–Trinajstić information content (AvgIpc) is 3.28. The number of imide groups is 1. The number of nitrogens with zero attached hydrogens (tertiary/aromatic N) is 1. The molecule has 9 heteroatoms. The van der Waals surface area contributed by atoms with E-state index in [0.717, 1.165) is 9.37 Å². The van der Waals surface area contributed by atoms with E-state index in [0.29, 0.717) is 23.3 Å². The molecule has 4 amide bonds. The van der Waals surface area contributed by atoms with Gasteiger partial charge in [-0.1, -0.05) is 15.9 Å². The Hall–Kier alpha value is -2.94. The van der Waals surface area contributed by atoms with Gasteiger partial charge in [0.1, 0.15) is 11.8 Å². The predicted molar refractivity (Wildman–Crippen MR) is 107 cm³/mol. The van der Waals surface area contributed by atoms with Crippen LogP contribution in [0.1, 0.15) is 46.2 Å². The van der Waals surface area contributed by atoms with Crippen molar-refractivity contribution in [2.24, 2.45) is 0 Å². The van der Waals surface area contributed by atoms with Crippen molar-refractivity contribution in [1.82, 2.24) is 15.5 Å². The number of amides is 4. The van der Waals surface area contributed by atoms with E-state index in [1.807, 2.05) is 0 Å². The summed E-state index contributed by atoms with van der Waals surface area (Å²) < 4.78 is 5.85. The summed E-state index contributed by atoms with van der Waals surface area (Å²) in [4.78, 5) is 50.0. The van der Waals surface area contributed by atoms with Gasteiger partial charge in [-0.05, 0) is 43.7 Å². The molecule has 2 aromatic rings. The van der Waals surface area contributed by atoms with Gasteiger partial charge in [0.15, 0.2) is 0 Å². The third kappa shape index (κ3) is 4.92. The predicted octanol–water partition coefficient (Wildman–Crippen LogP) is 2.24. The van der Waals surface area contributed by atoms with Crippen LogP contribution in [-0.2, 0) is 16.1 Å². The van der Waals surface area contributed by atoms with Crippen molar-refractivity contribution in [3.63, 3.8) is 0 Å². The van der Waals surface area contributed by atoms with Crippen LogP contribution in [0, 0.1) is 0 Å². The molecule has 1 atom stereocenters. The van der Waals surface area contributed by atoms with E-state index in [-0.39, 0.29) is 43.1 Å². The molecule has 2 N–H and O–H groups in total. The first-order valence-corrected chi connectivity index (χ1v) is 9.91. The molecule has 0 saturated heterocycles. The topological polar surface area (TPSA) is 109 Å². The molecular weight excluding hydrogens is 442 g/mol. The van der Waals surface area contributed by atoms with Crippen LogP contribution in [0.3, 0.4) is 0 Å². The lowest BCUT2D eigenvalue weighted by molar-refractivity contribution is -0.128. The number of benzene rings is 1. The quantitative estimate of drug-likeness (QED) is 0.585. The minimum atomic E-state index is -0.714. The number of carbonyl (C=O) groups excluding carboxylic acids is 4. The van der Waals surface area contributed by atoms with E-state index in [2.05, 4.69) is 26.6 Å².